The standard InChI is InChI=1S/C23H25ClN4O4S/c1-16-8-9-19(14-20(16)33(30,31)27-10-12-32-13-11-27)25-23(29)21-17(2)26-28(22(21)24)15-18-6-4-3-5-7-18/h3-9,14H,10-13,15H2,1-2H3,(H,25,29). The molecule has 0 radical (unpaired) electrons. The summed E-state index contributed by atoms with van der Waals surface area (Å²) in [5.41, 5.74) is 2.71. The van der Waals surface area contributed by atoms with Crippen molar-refractivity contribution in [2.45, 2.75) is 25.3 Å². The van der Waals surface area contributed by atoms with Crippen molar-refractivity contribution in [2.24, 2.45) is 0 Å². The Kier molecular flexibility index (Phi) is 6.85. The van der Waals surface area contributed by atoms with Crippen LogP contribution < -0.4 is 5.32 Å². The normalized spacial score (nSPS) is 14.9. The molecule has 1 amide bonds. The van der Waals surface area contributed by atoms with Crippen molar-refractivity contribution >= 4 is 33.2 Å². The first-order chi connectivity index (χ1) is 15.8. The molecule has 0 bridgehead atoms. The predicted octanol–water partition coefficient (Wildman–Crippen LogP) is 3.47. The number of nitrogens with one attached hydrogen (secondary N) is 1. The molecule has 8 nitrogen and oxygen atoms in total. The molecule has 1 N–H and O–H groups in total. The molecule has 1 saturated heterocycles. The number of ether oxygens (including phenoxy) is 1. The first kappa shape index (κ1) is 23.4. The second-order valence-electron chi connectivity index (χ2n) is 7.85. The summed E-state index contributed by atoms with van der Waals surface area (Å²) >= 11 is 6.50. The molecule has 2 heterocycles. The maximum Gasteiger partial charge on any atom is 0.260 e. The van der Waals surface area contributed by atoms with E-state index in [9.17, 15) is 13.2 Å². The SMILES string of the molecule is Cc1ccc(NC(=O)c2c(C)nn(Cc3ccccc3)c2Cl)cc1S(=O)(=O)N1CCOCC1. The lowest BCUT2D eigenvalue weighted by molar-refractivity contribution is 0.0730. The molecule has 1 aromatic heterocycles. The number of nitrogens with zero attached hydrogens (tertiary/aromatic N) is 3. The van der Waals surface area contributed by atoms with E-state index in [0.29, 0.717) is 49.8 Å². The van der Waals surface area contributed by atoms with Gasteiger partial charge in [0.05, 0.1) is 35.9 Å². The van der Waals surface area contributed by atoms with Gasteiger partial charge in [-0.15, -0.1) is 0 Å². The maximum atomic E-state index is 13.1. The molecule has 0 atom stereocenters. The van der Waals surface area contributed by atoms with E-state index in [2.05, 4.69) is 10.4 Å². The molecule has 3 aromatic rings. The summed E-state index contributed by atoms with van der Waals surface area (Å²) in [6.07, 6.45) is 0. The number of rotatable bonds is 6. The van der Waals surface area contributed by atoms with Crippen LogP contribution in [0.1, 0.15) is 27.2 Å². The molecular formula is C23H25ClN4O4S. The number of anilines is 1. The van der Waals surface area contributed by atoms with E-state index in [1.54, 1.807) is 30.7 Å². The minimum Gasteiger partial charge on any atom is -0.379 e. The topological polar surface area (TPSA) is 93.5 Å². The van der Waals surface area contributed by atoms with Crippen LogP contribution in [0.2, 0.25) is 5.15 Å². The molecule has 0 aliphatic carbocycles. The molecule has 174 valence electrons. The molecule has 4 rings (SSSR count). The van der Waals surface area contributed by atoms with Gasteiger partial charge in [0.2, 0.25) is 10.0 Å². The van der Waals surface area contributed by atoms with E-state index in [4.69, 9.17) is 16.3 Å². The van der Waals surface area contributed by atoms with E-state index in [0.717, 1.165) is 5.56 Å². The summed E-state index contributed by atoms with van der Waals surface area (Å²) < 4.78 is 34.5. The number of morpholine rings is 1. The highest BCUT2D eigenvalue weighted by atomic mass is 35.5. The number of amides is 1. The fraction of sp³-hybridized carbons (Fsp3) is 0.304. The van der Waals surface area contributed by atoms with Gasteiger partial charge in [-0.1, -0.05) is 48.0 Å². The molecule has 1 aliphatic heterocycles. The lowest BCUT2D eigenvalue weighted by Gasteiger charge is -2.26. The zero-order valence-corrected chi connectivity index (χ0v) is 20.0. The van der Waals surface area contributed by atoms with Gasteiger partial charge in [0.1, 0.15) is 5.15 Å². The monoisotopic (exact) mass is 488 g/mol. The molecule has 33 heavy (non-hydrogen) atoms. The number of benzene rings is 2. The number of carbonyl (C=O) groups excluding carboxylic acids is 1. The number of halogens is 1. The Bertz CT molecular complexity index is 1270. The van der Waals surface area contributed by atoms with Crippen molar-refractivity contribution in [1.82, 2.24) is 14.1 Å². The Morgan fingerprint density at radius 1 is 1.12 bits per heavy atom. The van der Waals surface area contributed by atoms with Crippen LogP contribution in [-0.4, -0.2) is 54.7 Å². The van der Waals surface area contributed by atoms with Crippen molar-refractivity contribution in [2.75, 3.05) is 31.6 Å². The van der Waals surface area contributed by atoms with Gasteiger partial charge in [0, 0.05) is 18.8 Å². The smallest absolute Gasteiger partial charge is 0.260 e. The fourth-order valence-electron chi connectivity index (χ4n) is 3.75. The second-order valence-corrected chi connectivity index (χ2v) is 10.1. The summed E-state index contributed by atoms with van der Waals surface area (Å²) in [5.74, 6) is -0.449. The lowest BCUT2D eigenvalue weighted by Crippen LogP contribution is -2.40. The summed E-state index contributed by atoms with van der Waals surface area (Å²) in [4.78, 5) is 13.2. The maximum absolute atomic E-state index is 13.1. The van der Waals surface area contributed by atoms with Crippen molar-refractivity contribution in [3.8, 4) is 0 Å². The highest BCUT2D eigenvalue weighted by molar-refractivity contribution is 7.89. The molecule has 10 heteroatoms. The Morgan fingerprint density at radius 2 is 1.82 bits per heavy atom. The van der Waals surface area contributed by atoms with E-state index in [1.807, 2.05) is 30.3 Å². The van der Waals surface area contributed by atoms with Gasteiger partial charge in [-0.3, -0.25) is 4.79 Å². The van der Waals surface area contributed by atoms with E-state index in [1.165, 1.54) is 10.4 Å². The Morgan fingerprint density at radius 3 is 2.52 bits per heavy atom. The van der Waals surface area contributed by atoms with Crippen LogP contribution in [0.3, 0.4) is 0 Å². The van der Waals surface area contributed by atoms with Crippen molar-refractivity contribution in [1.29, 1.82) is 0 Å². The predicted molar refractivity (Wildman–Crippen MR) is 126 cm³/mol. The lowest BCUT2D eigenvalue weighted by atomic mass is 10.2. The van der Waals surface area contributed by atoms with Crippen LogP contribution in [-0.2, 0) is 21.3 Å². The molecule has 0 spiro atoms. The summed E-state index contributed by atoms with van der Waals surface area (Å²) in [6.45, 7) is 5.19. The van der Waals surface area contributed by atoms with E-state index < -0.39 is 15.9 Å². The van der Waals surface area contributed by atoms with E-state index in [-0.39, 0.29) is 15.6 Å². The molecule has 1 fully saturated rings. The minimum absolute atomic E-state index is 0.157. The first-order valence-corrected chi connectivity index (χ1v) is 12.4. The molecule has 1 aliphatic rings. The van der Waals surface area contributed by atoms with Crippen molar-refractivity contribution < 1.29 is 17.9 Å². The highest BCUT2D eigenvalue weighted by Gasteiger charge is 2.28. The second kappa shape index (κ2) is 9.64. The summed E-state index contributed by atoms with van der Waals surface area (Å²) in [7, 11) is -3.70. The third-order valence-corrected chi connectivity index (χ3v) is 7.93. The fourth-order valence-corrected chi connectivity index (χ4v) is 5.73. The van der Waals surface area contributed by atoms with Crippen LogP contribution in [0.15, 0.2) is 53.4 Å². The van der Waals surface area contributed by atoms with Crippen LogP contribution in [0.4, 0.5) is 5.69 Å². The average molecular weight is 489 g/mol. The van der Waals surface area contributed by atoms with Gasteiger partial charge in [-0.05, 0) is 37.1 Å². The number of aryl methyl sites for hydroxylation is 2. The Hall–Kier alpha value is -2.72. The van der Waals surface area contributed by atoms with Crippen LogP contribution in [0, 0.1) is 13.8 Å². The van der Waals surface area contributed by atoms with Crippen LogP contribution >= 0.6 is 11.6 Å². The van der Waals surface area contributed by atoms with E-state index >= 15 is 0 Å². The molecule has 2 aromatic carbocycles. The van der Waals surface area contributed by atoms with Crippen molar-refractivity contribution in [3.63, 3.8) is 0 Å². The number of carbonyl (C=O) groups is 1. The van der Waals surface area contributed by atoms with Crippen LogP contribution in [0.5, 0.6) is 0 Å². The first-order valence-electron chi connectivity index (χ1n) is 10.5. The number of hydrogen-bond donors (Lipinski definition) is 1. The summed E-state index contributed by atoms with van der Waals surface area (Å²) in [5, 5.41) is 7.41. The average Bonchev–Trinajstić information content (AvgIpc) is 3.09. The molecule has 0 saturated carbocycles. The zero-order valence-electron chi connectivity index (χ0n) is 18.4. The number of sulfonamides is 1. The van der Waals surface area contributed by atoms with Gasteiger partial charge in [-0.2, -0.15) is 9.40 Å². The Balaban J connectivity index is 1.57. The highest BCUT2D eigenvalue weighted by Crippen LogP contribution is 2.26. The third kappa shape index (κ3) is 4.96. The number of aromatic nitrogens is 2. The van der Waals surface area contributed by atoms with Gasteiger partial charge in [0.25, 0.3) is 5.91 Å². The van der Waals surface area contributed by atoms with Gasteiger partial charge >= 0.3 is 0 Å². The number of hydrogen-bond acceptors (Lipinski definition) is 5. The summed E-state index contributed by atoms with van der Waals surface area (Å²) in [6, 6.07) is 14.5. The Labute approximate surface area is 198 Å². The largest absolute Gasteiger partial charge is 0.379 e. The molecule has 0 unspecified atom stereocenters. The van der Waals surface area contributed by atoms with Gasteiger partial charge in [-0.25, -0.2) is 13.1 Å². The van der Waals surface area contributed by atoms with Crippen molar-refractivity contribution in [3.05, 3.63) is 76.1 Å². The minimum atomic E-state index is -3.70. The third-order valence-electron chi connectivity index (χ3n) is 5.50. The van der Waals surface area contributed by atoms with Crippen LogP contribution in [0.25, 0.3) is 0 Å². The quantitative estimate of drug-likeness (QED) is 0.573. The molecular weight excluding hydrogens is 464 g/mol. The zero-order chi connectivity index (χ0) is 23.6. The van der Waals surface area contributed by atoms with Gasteiger partial charge in [0.15, 0.2) is 0 Å². The van der Waals surface area contributed by atoms with Gasteiger partial charge < -0.3 is 10.1 Å².